The zero-order valence-corrected chi connectivity index (χ0v) is 17.7. The molecule has 0 radical (unpaired) electrons. The van der Waals surface area contributed by atoms with E-state index in [-0.39, 0.29) is 11.7 Å². The highest BCUT2D eigenvalue weighted by molar-refractivity contribution is 6.07. The van der Waals surface area contributed by atoms with E-state index in [9.17, 15) is 9.18 Å². The third-order valence-corrected chi connectivity index (χ3v) is 4.47. The monoisotopic (exact) mass is 423 g/mol. The maximum Gasteiger partial charge on any atom is 0.259 e. The highest BCUT2D eigenvalue weighted by atomic mass is 19.1. The Balaban J connectivity index is 1.64. The van der Waals surface area contributed by atoms with Gasteiger partial charge in [0, 0.05) is 18.4 Å². The largest absolute Gasteiger partial charge is 0.490 e. The maximum absolute atomic E-state index is 13.1. The fraction of sp³-hybridized carbons (Fsp3) is 0.250. The minimum atomic E-state index is -0.358. The summed E-state index contributed by atoms with van der Waals surface area (Å²) in [4.78, 5) is 16.9. The van der Waals surface area contributed by atoms with Gasteiger partial charge in [0.05, 0.1) is 18.8 Å². The topological polar surface area (TPSA) is 72.5 Å². The van der Waals surface area contributed by atoms with Crippen LogP contribution in [0.2, 0.25) is 0 Å². The molecule has 0 unspecified atom stereocenters. The smallest absolute Gasteiger partial charge is 0.259 e. The fourth-order valence-corrected chi connectivity index (χ4v) is 3.04. The Hall–Kier alpha value is -3.61. The van der Waals surface area contributed by atoms with Gasteiger partial charge in [-0.25, -0.2) is 9.37 Å². The standard InChI is InChI=1S/C24H26FN3O3/c1-3-30-21-12-7-17(16-22(21)31-4-2)13-15-27-23-20(6-5-14-26-23)24(29)28-19-10-8-18(25)9-11-19/h5-12,14,16H,3-4,13,15H2,1-2H3,(H,26,27)(H,28,29). The van der Waals surface area contributed by atoms with E-state index >= 15 is 0 Å². The number of halogens is 1. The molecule has 2 aromatic carbocycles. The lowest BCUT2D eigenvalue weighted by Gasteiger charge is -2.14. The molecule has 2 N–H and O–H groups in total. The van der Waals surface area contributed by atoms with Crippen molar-refractivity contribution in [2.45, 2.75) is 20.3 Å². The predicted octanol–water partition coefficient (Wildman–Crippen LogP) is 4.93. The van der Waals surface area contributed by atoms with Gasteiger partial charge in [0.2, 0.25) is 0 Å². The van der Waals surface area contributed by atoms with Gasteiger partial charge in [-0.15, -0.1) is 0 Å². The molecule has 0 atom stereocenters. The molecular formula is C24H26FN3O3. The Bertz CT molecular complexity index is 1010. The van der Waals surface area contributed by atoms with E-state index in [1.807, 2.05) is 32.0 Å². The van der Waals surface area contributed by atoms with Crippen molar-refractivity contribution in [2.24, 2.45) is 0 Å². The first kappa shape index (κ1) is 22.1. The van der Waals surface area contributed by atoms with Crippen molar-refractivity contribution < 1.29 is 18.7 Å². The first-order valence-electron chi connectivity index (χ1n) is 10.2. The van der Waals surface area contributed by atoms with Gasteiger partial charge in [0.15, 0.2) is 11.5 Å². The quantitative estimate of drug-likeness (QED) is 0.484. The predicted molar refractivity (Wildman–Crippen MR) is 120 cm³/mol. The van der Waals surface area contributed by atoms with Crippen LogP contribution in [-0.2, 0) is 6.42 Å². The van der Waals surface area contributed by atoms with Crippen molar-refractivity contribution in [2.75, 3.05) is 30.4 Å². The van der Waals surface area contributed by atoms with Crippen LogP contribution in [0.15, 0.2) is 60.8 Å². The first-order chi connectivity index (χ1) is 15.1. The number of nitrogens with zero attached hydrogens (tertiary/aromatic N) is 1. The molecule has 0 spiro atoms. The van der Waals surface area contributed by atoms with Gasteiger partial charge in [0.25, 0.3) is 5.91 Å². The number of ether oxygens (including phenoxy) is 2. The second kappa shape index (κ2) is 11.0. The molecule has 0 saturated heterocycles. The van der Waals surface area contributed by atoms with Crippen LogP contribution in [0.4, 0.5) is 15.9 Å². The summed E-state index contributed by atoms with van der Waals surface area (Å²) in [5, 5.41) is 5.98. The van der Waals surface area contributed by atoms with E-state index in [4.69, 9.17) is 9.47 Å². The molecule has 0 aliphatic heterocycles. The number of anilines is 2. The van der Waals surface area contributed by atoms with Gasteiger partial charge in [-0.05, 0) is 74.4 Å². The van der Waals surface area contributed by atoms with E-state index in [1.54, 1.807) is 18.3 Å². The van der Waals surface area contributed by atoms with Gasteiger partial charge >= 0.3 is 0 Å². The van der Waals surface area contributed by atoms with Crippen LogP contribution in [0.25, 0.3) is 0 Å². The van der Waals surface area contributed by atoms with Gasteiger partial charge in [-0.1, -0.05) is 6.07 Å². The average molecular weight is 423 g/mol. The SMILES string of the molecule is CCOc1ccc(CCNc2ncccc2C(=O)Nc2ccc(F)cc2)cc1OCC. The first-order valence-corrected chi connectivity index (χ1v) is 10.2. The summed E-state index contributed by atoms with van der Waals surface area (Å²) in [5.41, 5.74) is 2.00. The summed E-state index contributed by atoms with van der Waals surface area (Å²) in [6.07, 6.45) is 2.34. The van der Waals surface area contributed by atoms with E-state index in [0.717, 1.165) is 17.1 Å². The number of carbonyl (C=O) groups excluding carboxylic acids is 1. The van der Waals surface area contributed by atoms with Crippen LogP contribution in [0.5, 0.6) is 11.5 Å². The van der Waals surface area contributed by atoms with Crippen LogP contribution < -0.4 is 20.1 Å². The van der Waals surface area contributed by atoms with Crippen LogP contribution in [0.3, 0.4) is 0 Å². The Kier molecular flexibility index (Phi) is 7.81. The number of benzene rings is 2. The molecule has 0 fully saturated rings. The Morgan fingerprint density at radius 3 is 2.48 bits per heavy atom. The number of aromatic nitrogens is 1. The van der Waals surface area contributed by atoms with Crippen LogP contribution in [0.1, 0.15) is 29.8 Å². The number of nitrogens with one attached hydrogen (secondary N) is 2. The third kappa shape index (κ3) is 6.18. The third-order valence-electron chi connectivity index (χ3n) is 4.47. The van der Waals surface area contributed by atoms with E-state index in [1.165, 1.54) is 24.3 Å². The van der Waals surface area contributed by atoms with Crippen molar-refractivity contribution in [1.82, 2.24) is 4.98 Å². The molecule has 0 aliphatic carbocycles. The minimum absolute atomic E-state index is 0.318. The van der Waals surface area contributed by atoms with Crippen LogP contribution in [0, 0.1) is 5.82 Å². The van der Waals surface area contributed by atoms with Crippen molar-refractivity contribution in [3.05, 3.63) is 77.7 Å². The van der Waals surface area contributed by atoms with Gasteiger partial charge in [-0.2, -0.15) is 0 Å². The highest BCUT2D eigenvalue weighted by Crippen LogP contribution is 2.28. The number of pyridine rings is 1. The Morgan fingerprint density at radius 2 is 1.74 bits per heavy atom. The van der Waals surface area contributed by atoms with Gasteiger partial charge in [-0.3, -0.25) is 4.79 Å². The lowest BCUT2D eigenvalue weighted by atomic mass is 10.1. The molecule has 1 aromatic heterocycles. The minimum Gasteiger partial charge on any atom is -0.490 e. The van der Waals surface area contributed by atoms with Gasteiger partial charge < -0.3 is 20.1 Å². The van der Waals surface area contributed by atoms with Crippen molar-refractivity contribution in [1.29, 1.82) is 0 Å². The molecule has 3 rings (SSSR count). The summed E-state index contributed by atoms with van der Waals surface area (Å²) in [6.45, 7) is 5.58. The fourth-order valence-electron chi connectivity index (χ4n) is 3.04. The molecule has 1 amide bonds. The van der Waals surface area contributed by atoms with Crippen molar-refractivity contribution in [3.63, 3.8) is 0 Å². The number of amides is 1. The molecule has 1 heterocycles. The molecule has 162 valence electrons. The molecule has 0 saturated carbocycles. The van der Waals surface area contributed by atoms with E-state index < -0.39 is 0 Å². The Morgan fingerprint density at radius 1 is 1.00 bits per heavy atom. The van der Waals surface area contributed by atoms with Gasteiger partial charge in [0.1, 0.15) is 11.6 Å². The highest BCUT2D eigenvalue weighted by Gasteiger charge is 2.13. The number of carbonyl (C=O) groups is 1. The molecule has 7 heteroatoms. The van der Waals surface area contributed by atoms with Crippen LogP contribution >= 0.6 is 0 Å². The zero-order valence-electron chi connectivity index (χ0n) is 17.7. The number of rotatable bonds is 10. The van der Waals surface area contributed by atoms with E-state index in [0.29, 0.717) is 43.2 Å². The summed E-state index contributed by atoms with van der Waals surface area (Å²) in [6, 6.07) is 14.9. The van der Waals surface area contributed by atoms with Crippen LogP contribution in [-0.4, -0.2) is 30.6 Å². The number of hydrogen-bond acceptors (Lipinski definition) is 5. The molecule has 6 nitrogen and oxygen atoms in total. The molecule has 0 aliphatic rings. The van der Waals surface area contributed by atoms with Crippen molar-refractivity contribution >= 4 is 17.4 Å². The van der Waals surface area contributed by atoms with Crippen molar-refractivity contribution in [3.8, 4) is 11.5 Å². The second-order valence-electron chi connectivity index (χ2n) is 6.68. The lowest BCUT2D eigenvalue weighted by molar-refractivity contribution is 0.102. The maximum atomic E-state index is 13.1. The summed E-state index contributed by atoms with van der Waals surface area (Å²) >= 11 is 0. The molecule has 3 aromatic rings. The summed E-state index contributed by atoms with van der Waals surface area (Å²) in [5.74, 6) is 1.26. The lowest BCUT2D eigenvalue weighted by Crippen LogP contribution is -2.16. The summed E-state index contributed by atoms with van der Waals surface area (Å²) in [7, 11) is 0. The normalized spacial score (nSPS) is 10.4. The number of hydrogen-bond donors (Lipinski definition) is 2. The second-order valence-corrected chi connectivity index (χ2v) is 6.68. The molecule has 0 bridgehead atoms. The Labute approximate surface area is 181 Å². The summed E-state index contributed by atoms with van der Waals surface area (Å²) < 4.78 is 24.3. The zero-order chi connectivity index (χ0) is 22.1. The molecule has 31 heavy (non-hydrogen) atoms. The molecular weight excluding hydrogens is 397 g/mol. The average Bonchev–Trinajstić information content (AvgIpc) is 2.77. The van der Waals surface area contributed by atoms with E-state index in [2.05, 4.69) is 15.6 Å².